The lowest BCUT2D eigenvalue weighted by atomic mass is 10.1. The number of carbonyl (C=O) groups is 2. The lowest BCUT2D eigenvalue weighted by Gasteiger charge is -2.10. The molecule has 8 heteroatoms. The normalized spacial score (nSPS) is 12.2. The molecule has 0 bridgehead atoms. The monoisotopic (exact) mass is 404 g/mol. The van der Waals surface area contributed by atoms with E-state index in [2.05, 4.69) is 10.6 Å². The lowest BCUT2D eigenvalue weighted by molar-refractivity contribution is -0.125. The van der Waals surface area contributed by atoms with Crippen LogP contribution >= 0.6 is 0 Å². The van der Waals surface area contributed by atoms with Crippen LogP contribution < -0.4 is 10.6 Å². The second-order valence-corrected chi connectivity index (χ2v) is 7.00. The topological polar surface area (TPSA) is 95.1 Å². The van der Waals surface area contributed by atoms with Crippen molar-refractivity contribution in [1.29, 1.82) is 0 Å². The number of amides is 2. The molecule has 28 heavy (non-hydrogen) atoms. The van der Waals surface area contributed by atoms with Crippen molar-refractivity contribution < 1.29 is 28.5 Å². The third kappa shape index (κ3) is 18.2. The van der Waals surface area contributed by atoms with Gasteiger partial charge in [-0.25, -0.2) is 0 Å². The first-order valence-corrected chi connectivity index (χ1v) is 10.3. The van der Waals surface area contributed by atoms with Crippen molar-refractivity contribution in [1.82, 2.24) is 10.6 Å². The standard InChI is InChI=1S/C20H40N2O6/c1-5-18(4)20(24)22-7-9-26-11-13-28-15-14-27-12-10-25-8-6-21-19(23)16-17(2)3/h17-18H,5-16H2,1-4H3,(H,21,23)(H,22,24). The molecule has 2 amide bonds. The summed E-state index contributed by atoms with van der Waals surface area (Å²) in [5.74, 6) is 0.542. The molecule has 0 aromatic heterocycles. The van der Waals surface area contributed by atoms with Crippen LogP contribution in [-0.2, 0) is 28.5 Å². The Hall–Kier alpha value is -1.22. The molecule has 0 aliphatic rings. The first-order chi connectivity index (χ1) is 13.5. The Kier molecular flexibility index (Phi) is 18.3. The lowest BCUT2D eigenvalue weighted by Crippen LogP contribution is -2.31. The van der Waals surface area contributed by atoms with Gasteiger partial charge in [0.05, 0.1) is 52.9 Å². The molecule has 1 unspecified atom stereocenters. The van der Waals surface area contributed by atoms with Crippen molar-refractivity contribution >= 4 is 11.8 Å². The molecule has 0 heterocycles. The summed E-state index contributed by atoms with van der Waals surface area (Å²) in [6.45, 7) is 12.9. The van der Waals surface area contributed by atoms with Gasteiger partial charge in [0.2, 0.25) is 11.8 Å². The van der Waals surface area contributed by atoms with Gasteiger partial charge < -0.3 is 29.6 Å². The van der Waals surface area contributed by atoms with E-state index in [0.717, 1.165) is 6.42 Å². The summed E-state index contributed by atoms with van der Waals surface area (Å²) in [6, 6.07) is 0. The highest BCUT2D eigenvalue weighted by Crippen LogP contribution is 1.99. The van der Waals surface area contributed by atoms with Gasteiger partial charge in [-0.15, -0.1) is 0 Å². The van der Waals surface area contributed by atoms with Gasteiger partial charge in [-0.3, -0.25) is 9.59 Å². The van der Waals surface area contributed by atoms with Crippen LogP contribution in [0.4, 0.5) is 0 Å². The number of carbonyl (C=O) groups excluding carboxylic acids is 2. The van der Waals surface area contributed by atoms with Crippen molar-refractivity contribution in [3.63, 3.8) is 0 Å². The molecule has 0 fully saturated rings. The van der Waals surface area contributed by atoms with Crippen LogP contribution in [0, 0.1) is 11.8 Å². The van der Waals surface area contributed by atoms with Gasteiger partial charge in [0.15, 0.2) is 0 Å². The Morgan fingerprint density at radius 3 is 1.57 bits per heavy atom. The highest BCUT2D eigenvalue weighted by Gasteiger charge is 2.08. The van der Waals surface area contributed by atoms with Gasteiger partial charge in [0.1, 0.15) is 0 Å². The van der Waals surface area contributed by atoms with Crippen molar-refractivity contribution in [2.75, 3.05) is 65.9 Å². The molecule has 0 radical (unpaired) electrons. The third-order valence-corrected chi connectivity index (χ3v) is 3.88. The van der Waals surface area contributed by atoms with E-state index in [1.807, 2.05) is 27.7 Å². The smallest absolute Gasteiger partial charge is 0.222 e. The largest absolute Gasteiger partial charge is 0.377 e. The predicted molar refractivity (Wildman–Crippen MR) is 108 cm³/mol. The van der Waals surface area contributed by atoms with Gasteiger partial charge in [-0.2, -0.15) is 0 Å². The van der Waals surface area contributed by atoms with Gasteiger partial charge in [0, 0.05) is 25.4 Å². The Labute approximate surface area is 170 Å². The van der Waals surface area contributed by atoms with Crippen LogP contribution in [0.5, 0.6) is 0 Å². The molecule has 2 N–H and O–H groups in total. The summed E-state index contributed by atoms with van der Waals surface area (Å²) in [7, 11) is 0. The predicted octanol–water partition coefficient (Wildman–Crippen LogP) is 1.38. The number of hydrogen-bond donors (Lipinski definition) is 2. The zero-order valence-corrected chi connectivity index (χ0v) is 18.1. The molecule has 0 rings (SSSR count). The fraction of sp³-hybridized carbons (Fsp3) is 0.900. The van der Waals surface area contributed by atoms with Gasteiger partial charge in [0.25, 0.3) is 0 Å². The van der Waals surface area contributed by atoms with Crippen LogP contribution in [0.3, 0.4) is 0 Å². The van der Waals surface area contributed by atoms with Gasteiger partial charge in [-0.05, 0) is 12.3 Å². The fourth-order valence-electron chi connectivity index (χ4n) is 2.07. The summed E-state index contributed by atoms with van der Waals surface area (Å²) in [5, 5.41) is 5.65. The van der Waals surface area contributed by atoms with E-state index in [9.17, 15) is 9.59 Å². The molecular formula is C20H40N2O6. The summed E-state index contributed by atoms with van der Waals surface area (Å²) in [6.07, 6.45) is 1.38. The highest BCUT2D eigenvalue weighted by molar-refractivity contribution is 5.78. The van der Waals surface area contributed by atoms with E-state index in [1.54, 1.807) is 0 Å². The zero-order valence-electron chi connectivity index (χ0n) is 18.1. The highest BCUT2D eigenvalue weighted by atomic mass is 16.6. The molecular weight excluding hydrogens is 364 g/mol. The summed E-state index contributed by atoms with van der Waals surface area (Å²) < 4.78 is 21.6. The first-order valence-electron chi connectivity index (χ1n) is 10.3. The molecule has 0 saturated carbocycles. The van der Waals surface area contributed by atoms with E-state index in [-0.39, 0.29) is 17.7 Å². The summed E-state index contributed by atoms with van der Waals surface area (Å²) in [4.78, 5) is 23.0. The minimum atomic E-state index is 0.0457. The van der Waals surface area contributed by atoms with E-state index in [1.165, 1.54) is 0 Å². The molecule has 166 valence electrons. The van der Waals surface area contributed by atoms with E-state index < -0.39 is 0 Å². The average Bonchev–Trinajstić information content (AvgIpc) is 2.66. The number of hydrogen-bond acceptors (Lipinski definition) is 6. The van der Waals surface area contributed by atoms with Gasteiger partial charge in [-0.1, -0.05) is 27.7 Å². The van der Waals surface area contributed by atoms with Crippen molar-refractivity contribution in [2.45, 2.75) is 40.5 Å². The molecule has 0 aromatic rings. The molecule has 8 nitrogen and oxygen atoms in total. The van der Waals surface area contributed by atoms with Crippen molar-refractivity contribution in [3.05, 3.63) is 0 Å². The Morgan fingerprint density at radius 2 is 1.14 bits per heavy atom. The molecule has 0 aromatic carbocycles. The van der Waals surface area contributed by atoms with E-state index in [4.69, 9.17) is 18.9 Å². The maximum atomic E-state index is 11.5. The second-order valence-electron chi connectivity index (χ2n) is 7.00. The maximum absolute atomic E-state index is 11.5. The summed E-state index contributed by atoms with van der Waals surface area (Å²) >= 11 is 0. The molecule has 0 aliphatic heterocycles. The molecule has 0 spiro atoms. The zero-order chi connectivity index (χ0) is 21.0. The average molecular weight is 405 g/mol. The van der Waals surface area contributed by atoms with Crippen LogP contribution in [0.15, 0.2) is 0 Å². The number of nitrogens with one attached hydrogen (secondary N) is 2. The molecule has 1 atom stereocenters. The SMILES string of the molecule is CCC(C)C(=O)NCCOCCOCCOCCOCCNC(=O)CC(C)C. The Balaban J connectivity index is 3.18. The minimum absolute atomic E-state index is 0.0457. The van der Waals surface area contributed by atoms with E-state index in [0.29, 0.717) is 78.3 Å². The Bertz CT molecular complexity index is 393. The fourth-order valence-corrected chi connectivity index (χ4v) is 2.07. The number of ether oxygens (including phenoxy) is 4. The minimum Gasteiger partial charge on any atom is -0.377 e. The maximum Gasteiger partial charge on any atom is 0.222 e. The first kappa shape index (κ1) is 26.8. The Morgan fingerprint density at radius 1 is 0.714 bits per heavy atom. The second kappa shape index (κ2) is 19.1. The van der Waals surface area contributed by atoms with Crippen LogP contribution in [0.2, 0.25) is 0 Å². The van der Waals surface area contributed by atoms with Crippen LogP contribution in [0.25, 0.3) is 0 Å². The number of rotatable bonds is 19. The quantitative estimate of drug-likeness (QED) is 0.316. The third-order valence-electron chi connectivity index (χ3n) is 3.88. The summed E-state index contributed by atoms with van der Waals surface area (Å²) in [5.41, 5.74) is 0. The van der Waals surface area contributed by atoms with Crippen molar-refractivity contribution in [3.8, 4) is 0 Å². The van der Waals surface area contributed by atoms with Crippen molar-refractivity contribution in [2.24, 2.45) is 11.8 Å². The van der Waals surface area contributed by atoms with Crippen LogP contribution in [0.1, 0.15) is 40.5 Å². The molecule has 0 aliphatic carbocycles. The molecule has 0 saturated heterocycles. The van der Waals surface area contributed by atoms with Gasteiger partial charge >= 0.3 is 0 Å². The van der Waals surface area contributed by atoms with Crippen LogP contribution in [-0.4, -0.2) is 77.8 Å². The van der Waals surface area contributed by atoms with E-state index >= 15 is 0 Å².